The van der Waals surface area contributed by atoms with Crippen LogP contribution in [0.4, 0.5) is 0 Å². The van der Waals surface area contributed by atoms with Crippen LogP contribution >= 0.6 is 0 Å². The third kappa shape index (κ3) is 4.75. The molecule has 0 saturated carbocycles. The highest BCUT2D eigenvalue weighted by atomic mass is 16.5. The molecule has 0 aliphatic carbocycles. The summed E-state index contributed by atoms with van der Waals surface area (Å²) in [6.07, 6.45) is -0.819. The van der Waals surface area contributed by atoms with Gasteiger partial charge in [-0.15, -0.1) is 0 Å². The van der Waals surface area contributed by atoms with Gasteiger partial charge in [-0.2, -0.15) is 0 Å². The third-order valence-corrected chi connectivity index (χ3v) is 1.29. The van der Waals surface area contributed by atoms with Crippen LogP contribution < -0.4 is 5.73 Å². The fraction of sp³-hybridized carbons (Fsp3) is 0.857. The molecule has 0 amide bonds. The van der Waals surface area contributed by atoms with Crippen LogP contribution in [-0.4, -0.2) is 29.8 Å². The number of hydrogen-bond acceptors (Lipinski definition) is 4. The maximum Gasteiger partial charge on any atom is 0.308 e. The van der Waals surface area contributed by atoms with E-state index in [0.29, 0.717) is 6.61 Å². The fourth-order valence-electron chi connectivity index (χ4n) is 0.577. The number of ether oxygens (including phenoxy) is 1. The van der Waals surface area contributed by atoms with E-state index in [0.717, 1.165) is 0 Å². The van der Waals surface area contributed by atoms with Gasteiger partial charge < -0.3 is 15.6 Å². The van der Waals surface area contributed by atoms with Crippen LogP contribution in [-0.2, 0) is 9.53 Å². The summed E-state index contributed by atoms with van der Waals surface area (Å²) in [6.45, 7) is 3.70. The van der Waals surface area contributed by atoms with Crippen LogP contribution in [0.1, 0.15) is 20.3 Å². The largest absolute Gasteiger partial charge is 0.466 e. The second kappa shape index (κ2) is 5.09. The zero-order valence-corrected chi connectivity index (χ0v) is 6.91. The minimum atomic E-state index is -0.797. The Hall–Kier alpha value is -0.610. The summed E-state index contributed by atoms with van der Waals surface area (Å²) in [6, 6.07) is -0.389. The first-order valence-corrected chi connectivity index (χ1v) is 3.67. The molecule has 0 fully saturated rings. The predicted octanol–water partition coefficient (Wildman–Crippen LogP) is -0.352. The number of rotatable bonds is 4. The van der Waals surface area contributed by atoms with E-state index in [9.17, 15) is 4.79 Å². The average Bonchev–Trinajstić information content (AvgIpc) is 1.87. The smallest absolute Gasteiger partial charge is 0.308 e. The normalized spacial score (nSPS) is 15.6. The molecule has 0 aromatic rings. The van der Waals surface area contributed by atoms with E-state index in [1.165, 1.54) is 0 Å². The van der Waals surface area contributed by atoms with Gasteiger partial charge in [-0.1, -0.05) is 0 Å². The number of hydrogen-bond donors (Lipinski definition) is 2. The van der Waals surface area contributed by atoms with Crippen LogP contribution in [0.15, 0.2) is 0 Å². The van der Waals surface area contributed by atoms with Crippen molar-refractivity contribution in [3.05, 3.63) is 0 Å². The number of nitrogens with two attached hydrogens (primary N) is 1. The van der Waals surface area contributed by atoms with Crippen molar-refractivity contribution in [3.63, 3.8) is 0 Å². The molecular formula is C7H15NO3. The Labute approximate surface area is 66.3 Å². The van der Waals surface area contributed by atoms with Crippen LogP contribution in [0.2, 0.25) is 0 Å². The van der Waals surface area contributed by atoms with Crippen LogP contribution in [0, 0.1) is 0 Å². The average molecular weight is 161 g/mol. The predicted molar refractivity (Wildman–Crippen MR) is 40.9 cm³/mol. The molecule has 11 heavy (non-hydrogen) atoms. The van der Waals surface area contributed by atoms with Gasteiger partial charge in [0.2, 0.25) is 0 Å². The summed E-state index contributed by atoms with van der Waals surface area (Å²) in [4.78, 5) is 10.7. The molecule has 0 bridgehead atoms. The molecule has 2 atom stereocenters. The summed E-state index contributed by atoms with van der Waals surface area (Å²) >= 11 is 0. The van der Waals surface area contributed by atoms with Crippen LogP contribution in [0.25, 0.3) is 0 Å². The Morgan fingerprint density at radius 1 is 1.73 bits per heavy atom. The quantitative estimate of drug-likeness (QED) is 0.553. The minimum absolute atomic E-state index is 0.0223. The third-order valence-electron chi connectivity index (χ3n) is 1.29. The minimum Gasteiger partial charge on any atom is -0.466 e. The van der Waals surface area contributed by atoms with Gasteiger partial charge in [0.1, 0.15) is 0 Å². The van der Waals surface area contributed by atoms with Crippen molar-refractivity contribution in [1.29, 1.82) is 0 Å². The standard InChI is InChI=1S/C7H15NO3/c1-3-11-7(10)4-6(9)5(2)8/h5-6,9H,3-4,8H2,1-2H3/t5-,6?/m0/s1. The number of esters is 1. The molecule has 0 aliphatic rings. The fourth-order valence-corrected chi connectivity index (χ4v) is 0.577. The summed E-state index contributed by atoms with van der Waals surface area (Å²) in [7, 11) is 0. The Bertz CT molecular complexity index is 125. The lowest BCUT2D eigenvalue weighted by Crippen LogP contribution is -2.33. The van der Waals surface area contributed by atoms with E-state index in [-0.39, 0.29) is 12.5 Å². The van der Waals surface area contributed by atoms with Gasteiger partial charge in [-0.3, -0.25) is 4.79 Å². The van der Waals surface area contributed by atoms with Gasteiger partial charge in [0, 0.05) is 6.04 Å². The maximum absolute atomic E-state index is 10.7. The molecule has 66 valence electrons. The number of carbonyl (C=O) groups is 1. The van der Waals surface area contributed by atoms with Crippen molar-refractivity contribution in [2.45, 2.75) is 32.4 Å². The Morgan fingerprint density at radius 2 is 2.27 bits per heavy atom. The Morgan fingerprint density at radius 3 is 2.64 bits per heavy atom. The van der Waals surface area contributed by atoms with Crippen molar-refractivity contribution in [2.75, 3.05) is 6.61 Å². The lowest BCUT2D eigenvalue weighted by molar-refractivity contribution is -0.145. The highest BCUT2D eigenvalue weighted by Gasteiger charge is 2.14. The molecule has 0 aliphatic heterocycles. The Kier molecular flexibility index (Phi) is 4.81. The molecule has 4 nitrogen and oxygen atoms in total. The molecule has 1 unspecified atom stereocenters. The highest BCUT2D eigenvalue weighted by Crippen LogP contribution is 1.97. The molecular weight excluding hydrogens is 146 g/mol. The second-order valence-electron chi connectivity index (χ2n) is 2.44. The SMILES string of the molecule is CCOC(=O)CC(O)[C@H](C)N. The molecule has 0 rings (SSSR count). The van der Waals surface area contributed by atoms with E-state index < -0.39 is 12.1 Å². The molecule has 0 aromatic heterocycles. The van der Waals surface area contributed by atoms with Crippen molar-refractivity contribution in [1.82, 2.24) is 0 Å². The highest BCUT2D eigenvalue weighted by molar-refractivity contribution is 5.69. The second-order valence-corrected chi connectivity index (χ2v) is 2.44. The summed E-state index contributed by atoms with van der Waals surface area (Å²) < 4.78 is 4.61. The molecule has 0 heterocycles. The van der Waals surface area contributed by atoms with Gasteiger partial charge >= 0.3 is 5.97 Å². The van der Waals surface area contributed by atoms with Gasteiger partial charge in [0.15, 0.2) is 0 Å². The number of aliphatic hydroxyl groups is 1. The number of carbonyl (C=O) groups excluding carboxylic acids is 1. The molecule has 3 N–H and O–H groups in total. The van der Waals surface area contributed by atoms with Crippen molar-refractivity contribution >= 4 is 5.97 Å². The van der Waals surface area contributed by atoms with Crippen molar-refractivity contribution in [2.24, 2.45) is 5.73 Å². The van der Waals surface area contributed by atoms with Crippen molar-refractivity contribution in [3.8, 4) is 0 Å². The van der Waals surface area contributed by atoms with Crippen LogP contribution in [0.5, 0.6) is 0 Å². The molecule has 0 saturated heterocycles. The number of aliphatic hydroxyl groups excluding tert-OH is 1. The molecule has 4 heteroatoms. The first-order valence-electron chi connectivity index (χ1n) is 3.67. The van der Waals surface area contributed by atoms with E-state index in [4.69, 9.17) is 10.8 Å². The lowest BCUT2D eigenvalue weighted by atomic mass is 10.1. The van der Waals surface area contributed by atoms with Gasteiger partial charge in [0.05, 0.1) is 19.1 Å². The van der Waals surface area contributed by atoms with E-state index in [1.807, 2.05) is 0 Å². The summed E-state index contributed by atoms with van der Waals surface area (Å²) in [5.74, 6) is -0.405. The molecule has 0 aromatic carbocycles. The summed E-state index contributed by atoms with van der Waals surface area (Å²) in [5.41, 5.74) is 5.32. The first-order chi connectivity index (χ1) is 5.07. The zero-order valence-electron chi connectivity index (χ0n) is 6.91. The van der Waals surface area contributed by atoms with E-state index in [2.05, 4.69) is 4.74 Å². The maximum atomic E-state index is 10.7. The van der Waals surface area contributed by atoms with Gasteiger partial charge in [-0.25, -0.2) is 0 Å². The molecule has 0 radical (unpaired) electrons. The lowest BCUT2D eigenvalue weighted by Gasteiger charge is -2.12. The Balaban J connectivity index is 3.57. The monoisotopic (exact) mass is 161 g/mol. The van der Waals surface area contributed by atoms with E-state index in [1.54, 1.807) is 13.8 Å². The topological polar surface area (TPSA) is 72.5 Å². The van der Waals surface area contributed by atoms with Crippen LogP contribution in [0.3, 0.4) is 0 Å². The zero-order chi connectivity index (χ0) is 8.85. The van der Waals surface area contributed by atoms with Gasteiger partial charge in [0.25, 0.3) is 0 Å². The summed E-state index contributed by atoms with van der Waals surface area (Å²) in [5, 5.41) is 9.10. The van der Waals surface area contributed by atoms with Crippen molar-refractivity contribution < 1.29 is 14.6 Å². The van der Waals surface area contributed by atoms with E-state index >= 15 is 0 Å². The van der Waals surface area contributed by atoms with Gasteiger partial charge in [-0.05, 0) is 13.8 Å². The first kappa shape index (κ1) is 10.4. The molecule has 0 spiro atoms.